The van der Waals surface area contributed by atoms with Crippen LogP contribution in [0.2, 0.25) is 0 Å². The molecule has 1 aromatic heterocycles. The molecule has 6 nitrogen and oxygen atoms in total. The Morgan fingerprint density at radius 2 is 2.05 bits per heavy atom. The van der Waals surface area contributed by atoms with Gasteiger partial charge in [-0.1, -0.05) is 12.1 Å². The summed E-state index contributed by atoms with van der Waals surface area (Å²) in [5.74, 6) is 0.979. The molecule has 0 aliphatic carbocycles. The van der Waals surface area contributed by atoms with E-state index in [0.717, 1.165) is 0 Å². The maximum atomic E-state index is 12.2. The highest BCUT2D eigenvalue weighted by atomic mass is 32.2. The summed E-state index contributed by atoms with van der Waals surface area (Å²) in [6.07, 6.45) is 1.55. The number of anilines is 1. The molecule has 0 bridgehead atoms. The predicted molar refractivity (Wildman–Crippen MR) is 71.3 cm³/mol. The summed E-state index contributed by atoms with van der Waals surface area (Å²) in [4.78, 5) is 4.14. The molecule has 2 aromatic rings. The molecule has 1 aromatic carbocycles. The van der Waals surface area contributed by atoms with Gasteiger partial charge in [0.25, 0.3) is 0 Å². The molecule has 0 atom stereocenters. The summed E-state index contributed by atoms with van der Waals surface area (Å²) in [5, 5.41) is 2.85. The molecule has 0 fully saturated rings. The first kappa shape index (κ1) is 13.6. The quantitative estimate of drug-likeness (QED) is 0.867. The summed E-state index contributed by atoms with van der Waals surface area (Å²) in [6, 6.07) is 6.67. The van der Waals surface area contributed by atoms with Gasteiger partial charge >= 0.3 is 0 Å². The van der Waals surface area contributed by atoms with E-state index in [1.807, 2.05) is 0 Å². The zero-order valence-corrected chi connectivity index (χ0v) is 11.5. The van der Waals surface area contributed by atoms with Crippen molar-refractivity contribution in [3.8, 4) is 0 Å². The van der Waals surface area contributed by atoms with Gasteiger partial charge in [-0.05, 0) is 19.1 Å². The third-order valence-electron chi connectivity index (χ3n) is 2.53. The summed E-state index contributed by atoms with van der Waals surface area (Å²) < 4.78 is 32.0. The van der Waals surface area contributed by atoms with Gasteiger partial charge in [-0.25, -0.2) is 18.1 Å². The number of hydrogen-bond acceptors (Lipinski definition) is 5. The number of aryl methyl sites for hydroxylation is 1. The van der Waals surface area contributed by atoms with Crippen LogP contribution in [0.1, 0.15) is 11.7 Å². The molecule has 0 saturated carbocycles. The summed E-state index contributed by atoms with van der Waals surface area (Å²) >= 11 is 0. The fourth-order valence-electron chi connectivity index (χ4n) is 1.63. The van der Waals surface area contributed by atoms with Crippen molar-refractivity contribution < 1.29 is 12.8 Å². The van der Waals surface area contributed by atoms with Gasteiger partial charge in [-0.15, -0.1) is 0 Å². The Hall–Kier alpha value is -1.86. The standard InChI is InChI=1S/C12H15N3O3S/c1-9-7-14-12(18-9)8-15-19(16,17)11-6-4-3-5-10(11)13-2/h3-7,13,15H,8H2,1-2H3. The Labute approximate surface area is 111 Å². The molecular weight excluding hydrogens is 266 g/mol. The van der Waals surface area contributed by atoms with Crippen molar-refractivity contribution in [1.29, 1.82) is 0 Å². The first-order valence-electron chi connectivity index (χ1n) is 5.70. The lowest BCUT2D eigenvalue weighted by atomic mass is 10.3. The number of rotatable bonds is 5. The van der Waals surface area contributed by atoms with Gasteiger partial charge in [0, 0.05) is 7.05 Å². The van der Waals surface area contributed by atoms with Crippen LogP contribution in [0.25, 0.3) is 0 Å². The van der Waals surface area contributed by atoms with E-state index in [1.165, 1.54) is 6.07 Å². The van der Waals surface area contributed by atoms with Gasteiger partial charge in [-0.3, -0.25) is 0 Å². The first-order chi connectivity index (χ1) is 9.03. The number of aromatic nitrogens is 1. The molecule has 0 saturated heterocycles. The van der Waals surface area contributed by atoms with Gasteiger partial charge in [0.05, 0.1) is 18.4 Å². The van der Waals surface area contributed by atoms with Crippen LogP contribution < -0.4 is 10.0 Å². The van der Waals surface area contributed by atoms with Crippen LogP contribution in [0.4, 0.5) is 5.69 Å². The van der Waals surface area contributed by atoms with Gasteiger partial charge in [-0.2, -0.15) is 0 Å². The van der Waals surface area contributed by atoms with E-state index in [4.69, 9.17) is 4.42 Å². The normalized spacial score (nSPS) is 11.5. The Kier molecular flexibility index (Phi) is 3.87. The van der Waals surface area contributed by atoms with Crippen LogP contribution in [-0.4, -0.2) is 20.4 Å². The van der Waals surface area contributed by atoms with E-state index in [-0.39, 0.29) is 11.4 Å². The maximum absolute atomic E-state index is 12.2. The van der Waals surface area contributed by atoms with Crippen LogP contribution in [0, 0.1) is 6.92 Å². The van der Waals surface area contributed by atoms with Crippen molar-refractivity contribution in [3.05, 3.63) is 42.1 Å². The van der Waals surface area contributed by atoms with Crippen molar-refractivity contribution in [2.45, 2.75) is 18.4 Å². The van der Waals surface area contributed by atoms with Crippen LogP contribution in [0.15, 0.2) is 39.8 Å². The average Bonchev–Trinajstić information content (AvgIpc) is 2.82. The third-order valence-corrected chi connectivity index (χ3v) is 3.99. The number of benzene rings is 1. The second-order valence-corrected chi connectivity index (χ2v) is 5.67. The zero-order valence-electron chi connectivity index (χ0n) is 10.7. The maximum Gasteiger partial charge on any atom is 0.243 e. The van der Waals surface area contributed by atoms with Gasteiger partial charge in [0.15, 0.2) is 0 Å². The van der Waals surface area contributed by atoms with E-state index < -0.39 is 10.0 Å². The predicted octanol–water partition coefficient (Wildman–Crippen LogP) is 1.50. The summed E-state index contributed by atoms with van der Waals surface area (Å²) in [5.41, 5.74) is 0.540. The van der Waals surface area contributed by atoms with Crippen molar-refractivity contribution in [2.75, 3.05) is 12.4 Å². The minimum Gasteiger partial charge on any atom is -0.445 e. The Bertz CT molecular complexity index is 664. The molecule has 2 rings (SSSR count). The minimum absolute atomic E-state index is 0.0220. The lowest BCUT2D eigenvalue weighted by Crippen LogP contribution is -2.24. The van der Waals surface area contributed by atoms with Crippen LogP contribution in [-0.2, 0) is 16.6 Å². The molecule has 102 valence electrons. The molecule has 0 aliphatic rings. The van der Waals surface area contributed by atoms with Crippen LogP contribution >= 0.6 is 0 Å². The molecule has 1 heterocycles. The number of nitrogens with zero attached hydrogens (tertiary/aromatic N) is 1. The van der Waals surface area contributed by atoms with Crippen LogP contribution in [0.3, 0.4) is 0 Å². The van der Waals surface area contributed by atoms with Crippen LogP contribution in [0.5, 0.6) is 0 Å². The van der Waals surface area contributed by atoms with E-state index >= 15 is 0 Å². The van der Waals surface area contributed by atoms with Gasteiger partial charge in [0.2, 0.25) is 15.9 Å². The molecule has 7 heteroatoms. The summed E-state index contributed by atoms with van der Waals surface area (Å²) in [7, 11) is -1.93. The largest absolute Gasteiger partial charge is 0.445 e. The fourth-order valence-corrected chi connectivity index (χ4v) is 2.81. The number of para-hydroxylation sites is 1. The van der Waals surface area contributed by atoms with E-state index in [0.29, 0.717) is 17.3 Å². The smallest absolute Gasteiger partial charge is 0.243 e. The molecule has 19 heavy (non-hydrogen) atoms. The van der Waals surface area contributed by atoms with Crippen molar-refractivity contribution in [1.82, 2.24) is 9.71 Å². The fraction of sp³-hybridized carbons (Fsp3) is 0.250. The topological polar surface area (TPSA) is 84.2 Å². The molecule has 0 radical (unpaired) electrons. The second-order valence-electron chi connectivity index (χ2n) is 3.94. The summed E-state index contributed by atoms with van der Waals surface area (Å²) in [6.45, 7) is 1.77. The lowest BCUT2D eigenvalue weighted by Gasteiger charge is -2.09. The van der Waals surface area contributed by atoms with Crippen molar-refractivity contribution >= 4 is 15.7 Å². The molecular formula is C12H15N3O3S. The number of sulfonamides is 1. The van der Waals surface area contributed by atoms with Gasteiger partial charge < -0.3 is 9.73 Å². The molecule has 0 spiro atoms. The molecule has 0 aliphatic heterocycles. The van der Waals surface area contributed by atoms with Gasteiger partial charge in [0.1, 0.15) is 10.7 Å². The van der Waals surface area contributed by atoms with E-state index in [2.05, 4.69) is 15.0 Å². The molecule has 0 amide bonds. The molecule has 0 unspecified atom stereocenters. The van der Waals surface area contributed by atoms with Crippen molar-refractivity contribution in [2.24, 2.45) is 0 Å². The Morgan fingerprint density at radius 3 is 2.68 bits per heavy atom. The second kappa shape index (κ2) is 5.41. The van der Waals surface area contributed by atoms with E-state index in [1.54, 1.807) is 38.4 Å². The highest BCUT2D eigenvalue weighted by Crippen LogP contribution is 2.20. The number of nitrogens with one attached hydrogen (secondary N) is 2. The first-order valence-corrected chi connectivity index (χ1v) is 7.19. The average molecular weight is 281 g/mol. The minimum atomic E-state index is -3.60. The highest BCUT2D eigenvalue weighted by Gasteiger charge is 2.18. The lowest BCUT2D eigenvalue weighted by molar-refractivity contribution is 0.463. The highest BCUT2D eigenvalue weighted by molar-refractivity contribution is 7.89. The number of hydrogen-bond donors (Lipinski definition) is 2. The van der Waals surface area contributed by atoms with E-state index in [9.17, 15) is 8.42 Å². The zero-order chi connectivity index (χ0) is 13.9. The monoisotopic (exact) mass is 281 g/mol. The number of oxazole rings is 1. The third kappa shape index (κ3) is 3.12. The Morgan fingerprint density at radius 1 is 1.32 bits per heavy atom. The molecule has 2 N–H and O–H groups in total. The Balaban J connectivity index is 2.18. The SMILES string of the molecule is CNc1ccccc1S(=O)(=O)NCc1ncc(C)o1. The van der Waals surface area contributed by atoms with Crippen molar-refractivity contribution in [3.63, 3.8) is 0 Å².